The van der Waals surface area contributed by atoms with Gasteiger partial charge in [0.15, 0.2) is 0 Å². The third kappa shape index (κ3) is 13.3. The zero-order valence-electron chi connectivity index (χ0n) is 15.5. The predicted octanol–water partition coefficient (Wildman–Crippen LogP) is 2.83. The van der Waals surface area contributed by atoms with Crippen LogP contribution in [0.25, 0.3) is 0 Å². The Labute approximate surface area is 149 Å². The standard InChI is InChI=1S/C18H32O7/c1-4-6-7-9-14(19)11-17(22)25-15(8-5-2)12-18(23)24-13(3)10-16(20)21/h13-15,19H,4-12H2,1-3H3,(H,20,21). The van der Waals surface area contributed by atoms with Gasteiger partial charge in [0.1, 0.15) is 12.2 Å². The van der Waals surface area contributed by atoms with Crippen LogP contribution in [-0.4, -0.2) is 46.4 Å². The molecule has 0 radical (unpaired) electrons. The van der Waals surface area contributed by atoms with Crippen molar-refractivity contribution < 1.29 is 34.1 Å². The van der Waals surface area contributed by atoms with E-state index in [0.717, 1.165) is 25.7 Å². The fraction of sp³-hybridized carbons (Fsp3) is 0.833. The summed E-state index contributed by atoms with van der Waals surface area (Å²) in [6, 6.07) is 0. The minimum Gasteiger partial charge on any atom is -0.481 e. The van der Waals surface area contributed by atoms with Crippen LogP contribution in [0.4, 0.5) is 0 Å². The first-order chi connectivity index (χ1) is 11.8. The summed E-state index contributed by atoms with van der Waals surface area (Å²) in [4.78, 5) is 34.3. The lowest BCUT2D eigenvalue weighted by molar-refractivity contribution is -0.159. The van der Waals surface area contributed by atoms with Crippen molar-refractivity contribution >= 4 is 17.9 Å². The molecule has 146 valence electrons. The summed E-state index contributed by atoms with van der Waals surface area (Å²) in [5, 5.41) is 18.5. The Balaban J connectivity index is 4.32. The second-order valence-electron chi connectivity index (χ2n) is 6.36. The highest BCUT2D eigenvalue weighted by Gasteiger charge is 2.22. The maximum absolute atomic E-state index is 11.9. The van der Waals surface area contributed by atoms with Gasteiger partial charge in [-0.1, -0.05) is 39.5 Å². The van der Waals surface area contributed by atoms with Gasteiger partial charge < -0.3 is 19.7 Å². The van der Waals surface area contributed by atoms with Crippen LogP contribution < -0.4 is 0 Å². The van der Waals surface area contributed by atoms with Gasteiger partial charge in [-0.2, -0.15) is 0 Å². The quantitative estimate of drug-likeness (QED) is 0.362. The van der Waals surface area contributed by atoms with Crippen LogP contribution in [0.2, 0.25) is 0 Å². The molecule has 0 aromatic heterocycles. The summed E-state index contributed by atoms with van der Waals surface area (Å²) in [7, 11) is 0. The van der Waals surface area contributed by atoms with Gasteiger partial charge in [0, 0.05) is 0 Å². The van der Waals surface area contributed by atoms with Gasteiger partial charge in [0.25, 0.3) is 0 Å². The van der Waals surface area contributed by atoms with Crippen molar-refractivity contribution in [3.8, 4) is 0 Å². The van der Waals surface area contributed by atoms with Crippen LogP contribution in [0.15, 0.2) is 0 Å². The number of rotatable bonds is 14. The number of carbonyl (C=O) groups is 3. The van der Waals surface area contributed by atoms with E-state index in [9.17, 15) is 19.5 Å². The van der Waals surface area contributed by atoms with Crippen LogP contribution >= 0.6 is 0 Å². The van der Waals surface area contributed by atoms with Gasteiger partial charge in [0.05, 0.1) is 25.4 Å². The molecular formula is C18H32O7. The average molecular weight is 360 g/mol. The van der Waals surface area contributed by atoms with Crippen molar-refractivity contribution in [2.24, 2.45) is 0 Å². The molecule has 0 fully saturated rings. The highest BCUT2D eigenvalue weighted by Crippen LogP contribution is 2.13. The summed E-state index contributed by atoms with van der Waals surface area (Å²) < 4.78 is 10.3. The first kappa shape index (κ1) is 23.4. The topological polar surface area (TPSA) is 110 Å². The van der Waals surface area contributed by atoms with Crippen molar-refractivity contribution in [2.75, 3.05) is 0 Å². The number of ether oxygens (including phenoxy) is 2. The third-order valence-electron chi connectivity index (χ3n) is 3.64. The van der Waals surface area contributed by atoms with E-state index in [4.69, 9.17) is 14.6 Å². The number of aliphatic hydroxyl groups excluding tert-OH is 1. The molecule has 0 aliphatic carbocycles. The van der Waals surface area contributed by atoms with Gasteiger partial charge in [-0.05, 0) is 19.8 Å². The Kier molecular flexibility index (Phi) is 12.7. The molecule has 3 unspecified atom stereocenters. The first-order valence-corrected chi connectivity index (χ1v) is 9.07. The van der Waals surface area contributed by atoms with Gasteiger partial charge >= 0.3 is 17.9 Å². The Hall–Kier alpha value is -1.63. The van der Waals surface area contributed by atoms with E-state index in [1.54, 1.807) is 0 Å². The van der Waals surface area contributed by atoms with Gasteiger partial charge in [0.2, 0.25) is 0 Å². The van der Waals surface area contributed by atoms with Crippen LogP contribution in [-0.2, 0) is 23.9 Å². The molecule has 0 heterocycles. The van der Waals surface area contributed by atoms with Crippen molar-refractivity contribution in [2.45, 2.75) is 96.9 Å². The molecule has 0 spiro atoms. The van der Waals surface area contributed by atoms with Crippen LogP contribution in [0.1, 0.15) is 78.6 Å². The Morgan fingerprint density at radius 1 is 0.880 bits per heavy atom. The number of carbonyl (C=O) groups excluding carboxylic acids is 2. The minimum atomic E-state index is -1.05. The third-order valence-corrected chi connectivity index (χ3v) is 3.64. The monoisotopic (exact) mass is 360 g/mol. The zero-order chi connectivity index (χ0) is 19.2. The summed E-state index contributed by atoms with van der Waals surface area (Å²) in [6.07, 6.45) is 2.11. The first-order valence-electron chi connectivity index (χ1n) is 9.07. The molecule has 0 bridgehead atoms. The second-order valence-corrected chi connectivity index (χ2v) is 6.36. The SMILES string of the molecule is CCCCCC(O)CC(=O)OC(CCC)CC(=O)OC(C)CC(=O)O. The van der Waals surface area contributed by atoms with E-state index in [0.29, 0.717) is 12.8 Å². The molecule has 2 N–H and O–H groups in total. The maximum Gasteiger partial charge on any atom is 0.309 e. The number of esters is 2. The number of carboxylic acid groups (broad SMARTS) is 1. The largest absolute Gasteiger partial charge is 0.481 e. The number of carboxylic acids is 1. The van der Waals surface area contributed by atoms with Crippen LogP contribution in [0.5, 0.6) is 0 Å². The van der Waals surface area contributed by atoms with E-state index in [1.165, 1.54) is 6.92 Å². The fourth-order valence-corrected chi connectivity index (χ4v) is 2.43. The highest BCUT2D eigenvalue weighted by molar-refractivity contribution is 5.73. The van der Waals surface area contributed by atoms with E-state index < -0.39 is 36.2 Å². The lowest BCUT2D eigenvalue weighted by atomic mass is 10.1. The van der Waals surface area contributed by atoms with Gasteiger partial charge in [-0.3, -0.25) is 14.4 Å². The molecule has 0 aliphatic heterocycles. The summed E-state index contributed by atoms with van der Waals surface area (Å²) in [6.45, 7) is 5.46. The molecule has 0 aromatic carbocycles. The molecule has 3 atom stereocenters. The molecule has 7 nitrogen and oxygen atoms in total. The molecule has 0 aliphatic rings. The number of aliphatic hydroxyl groups is 1. The van der Waals surface area contributed by atoms with Crippen LogP contribution in [0, 0.1) is 0 Å². The molecule has 0 amide bonds. The van der Waals surface area contributed by atoms with Gasteiger partial charge in [-0.25, -0.2) is 0 Å². The predicted molar refractivity (Wildman–Crippen MR) is 92.0 cm³/mol. The Bertz CT molecular complexity index is 408. The summed E-state index contributed by atoms with van der Waals surface area (Å²) >= 11 is 0. The molecular weight excluding hydrogens is 328 g/mol. The molecule has 7 heteroatoms. The van der Waals surface area contributed by atoms with E-state index in [2.05, 4.69) is 6.92 Å². The van der Waals surface area contributed by atoms with Crippen molar-refractivity contribution in [3.63, 3.8) is 0 Å². The number of hydrogen-bond donors (Lipinski definition) is 2. The maximum atomic E-state index is 11.9. The summed E-state index contributed by atoms with van der Waals surface area (Å²) in [5.74, 6) is -2.17. The number of aliphatic carboxylic acids is 1. The summed E-state index contributed by atoms with van der Waals surface area (Å²) in [5.41, 5.74) is 0. The van der Waals surface area contributed by atoms with Crippen molar-refractivity contribution in [1.82, 2.24) is 0 Å². The normalized spacial score (nSPS) is 14.4. The highest BCUT2D eigenvalue weighted by atomic mass is 16.6. The van der Waals surface area contributed by atoms with Crippen molar-refractivity contribution in [3.05, 3.63) is 0 Å². The Morgan fingerprint density at radius 3 is 2.08 bits per heavy atom. The fourth-order valence-electron chi connectivity index (χ4n) is 2.43. The molecule has 0 saturated carbocycles. The van der Waals surface area contributed by atoms with Crippen LogP contribution in [0.3, 0.4) is 0 Å². The molecule has 0 rings (SSSR count). The smallest absolute Gasteiger partial charge is 0.309 e. The van der Waals surface area contributed by atoms with E-state index in [1.807, 2.05) is 6.92 Å². The van der Waals surface area contributed by atoms with E-state index in [-0.39, 0.29) is 19.3 Å². The van der Waals surface area contributed by atoms with E-state index >= 15 is 0 Å². The number of hydrogen-bond acceptors (Lipinski definition) is 6. The Morgan fingerprint density at radius 2 is 1.52 bits per heavy atom. The molecule has 0 saturated heterocycles. The lowest BCUT2D eigenvalue weighted by Crippen LogP contribution is -2.27. The van der Waals surface area contributed by atoms with Crippen molar-refractivity contribution in [1.29, 1.82) is 0 Å². The minimum absolute atomic E-state index is 0.0889. The number of unbranched alkanes of at least 4 members (excludes halogenated alkanes) is 2. The van der Waals surface area contributed by atoms with Gasteiger partial charge in [-0.15, -0.1) is 0 Å². The zero-order valence-corrected chi connectivity index (χ0v) is 15.5. The molecule has 25 heavy (non-hydrogen) atoms. The second kappa shape index (κ2) is 13.6. The lowest BCUT2D eigenvalue weighted by Gasteiger charge is -2.19. The molecule has 0 aromatic rings. The average Bonchev–Trinajstić information content (AvgIpc) is 2.46.